The van der Waals surface area contributed by atoms with E-state index in [1.807, 2.05) is 0 Å². The normalized spacial score (nSPS) is 13.7. The Morgan fingerprint density at radius 2 is 2.20 bits per heavy atom. The van der Waals surface area contributed by atoms with Crippen molar-refractivity contribution < 1.29 is 0 Å². The number of halogens is 1. The van der Waals surface area contributed by atoms with E-state index in [1.165, 1.54) is 14.8 Å². The highest BCUT2D eigenvalue weighted by molar-refractivity contribution is 14.1. The number of likely N-dealkylation sites (N-methyl/N-ethyl adjacent to an activating group) is 1. The van der Waals surface area contributed by atoms with Crippen LogP contribution in [-0.2, 0) is 6.42 Å². The lowest BCUT2D eigenvalue weighted by Crippen LogP contribution is -2.20. The summed E-state index contributed by atoms with van der Waals surface area (Å²) in [6, 6.07) is 6.58. The molecule has 3 aromatic rings. The standard InChI is InChI=1S/C17H19IN6S/c1-23(2)8-6-19-17-22-14-15(20-10-21-16(14)25-17)24-7-5-11-9-12(18)3-4-13(11)24/h3-4,9-10H,5-8H2,1-2H3,(H,19,22). The van der Waals surface area contributed by atoms with Gasteiger partial charge < -0.3 is 15.1 Å². The molecule has 0 atom stereocenters. The molecule has 0 amide bonds. The number of hydrogen-bond donors (Lipinski definition) is 1. The van der Waals surface area contributed by atoms with Gasteiger partial charge in [0.05, 0.1) is 0 Å². The van der Waals surface area contributed by atoms with Gasteiger partial charge in [0, 0.05) is 28.9 Å². The first kappa shape index (κ1) is 16.9. The van der Waals surface area contributed by atoms with Crippen molar-refractivity contribution in [1.29, 1.82) is 0 Å². The van der Waals surface area contributed by atoms with Gasteiger partial charge in [0.2, 0.25) is 0 Å². The van der Waals surface area contributed by atoms with E-state index < -0.39 is 0 Å². The Morgan fingerprint density at radius 3 is 3.04 bits per heavy atom. The van der Waals surface area contributed by atoms with Gasteiger partial charge in [0.15, 0.2) is 15.8 Å². The molecule has 6 nitrogen and oxygen atoms in total. The number of nitrogens with one attached hydrogen (secondary N) is 1. The van der Waals surface area contributed by atoms with Gasteiger partial charge in [-0.2, -0.15) is 0 Å². The molecule has 1 aliphatic rings. The monoisotopic (exact) mass is 466 g/mol. The molecule has 0 fully saturated rings. The lowest BCUT2D eigenvalue weighted by atomic mass is 10.2. The molecule has 2 aromatic heterocycles. The van der Waals surface area contributed by atoms with Crippen molar-refractivity contribution in [2.45, 2.75) is 6.42 Å². The number of aromatic nitrogens is 3. The van der Waals surface area contributed by atoms with Crippen LogP contribution in [0.25, 0.3) is 10.3 Å². The van der Waals surface area contributed by atoms with Crippen molar-refractivity contribution >= 4 is 60.9 Å². The molecule has 1 N–H and O–H groups in total. The number of thiazole rings is 1. The predicted octanol–water partition coefficient (Wildman–Crippen LogP) is 3.36. The first-order valence-electron chi connectivity index (χ1n) is 8.18. The Hall–Kier alpha value is -1.52. The fraction of sp³-hybridized carbons (Fsp3) is 0.353. The van der Waals surface area contributed by atoms with Gasteiger partial charge in [-0.3, -0.25) is 0 Å². The summed E-state index contributed by atoms with van der Waals surface area (Å²) >= 11 is 3.95. The Morgan fingerprint density at radius 1 is 1.32 bits per heavy atom. The number of rotatable bonds is 5. The molecule has 0 unspecified atom stereocenters. The van der Waals surface area contributed by atoms with Crippen molar-refractivity contribution in [3.05, 3.63) is 33.7 Å². The minimum absolute atomic E-state index is 0.862. The first-order valence-corrected chi connectivity index (χ1v) is 10.1. The van der Waals surface area contributed by atoms with Crippen LogP contribution in [0.4, 0.5) is 16.6 Å². The van der Waals surface area contributed by atoms with Crippen molar-refractivity contribution in [2.75, 3.05) is 43.9 Å². The summed E-state index contributed by atoms with van der Waals surface area (Å²) in [5.41, 5.74) is 3.49. The molecule has 8 heteroatoms. The lowest BCUT2D eigenvalue weighted by molar-refractivity contribution is 0.425. The third-order valence-electron chi connectivity index (χ3n) is 4.20. The Labute approximate surface area is 164 Å². The summed E-state index contributed by atoms with van der Waals surface area (Å²) in [5, 5.41) is 4.29. The van der Waals surface area contributed by atoms with Crippen LogP contribution in [0.3, 0.4) is 0 Å². The zero-order chi connectivity index (χ0) is 17.4. The lowest BCUT2D eigenvalue weighted by Gasteiger charge is -2.18. The maximum Gasteiger partial charge on any atom is 0.185 e. The Balaban J connectivity index is 1.66. The van der Waals surface area contributed by atoms with Gasteiger partial charge in [-0.25, -0.2) is 15.0 Å². The van der Waals surface area contributed by atoms with Gasteiger partial charge >= 0.3 is 0 Å². The fourth-order valence-corrected chi connectivity index (χ4v) is 4.38. The number of anilines is 3. The van der Waals surface area contributed by atoms with Gasteiger partial charge in [-0.15, -0.1) is 0 Å². The second-order valence-electron chi connectivity index (χ2n) is 6.27. The quantitative estimate of drug-likeness (QED) is 0.583. The molecule has 130 valence electrons. The van der Waals surface area contributed by atoms with Crippen molar-refractivity contribution in [1.82, 2.24) is 19.9 Å². The molecule has 0 radical (unpaired) electrons. The van der Waals surface area contributed by atoms with Gasteiger partial charge in [-0.05, 0) is 66.9 Å². The van der Waals surface area contributed by atoms with E-state index in [1.54, 1.807) is 17.7 Å². The van der Waals surface area contributed by atoms with E-state index in [4.69, 9.17) is 4.98 Å². The predicted molar refractivity (Wildman–Crippen MR) is 112 cm³/mol. The largest absolute Gasteiger partial charge is 0.360 e. The second-order valence-corrected chi connectivity index (χ2v) is 8.50. The van der Waals surface area contributed by atoms with E-state index in [0.29, 0.717) is 0 Å². The smallest absolute Gasteiger partial charge is 0.185 e. The molecule has 1 aliphatic heterocycles. The minimum atomic E-state index is 0.862. The van der Waals surface area contributed by atoms with Crippen molar-refractivity contribution in [2.24, 2.45) is 0 Å². The highest BCUT2D eigenvalue weighted by atomic mass is 127. The third kappa shape index (κ3) is 3.42. The van der Waals surface area contributed by atoms with Gasteiger partial charge in [0.25, 0.3) is 0 Å². The Bertz CT molecular complexity index is 909. The van der Waals surface area contributed by atoms with Crippen LogP contribution in [0.1, 0.15) is 5.56 Å². The van der Waals surface area contributed by atoms with Crippen LogP contribution in [0.5, 0.6) is 0 Å². The molecular weight excluding hydrogens is 447 g/mol. The summed E-state index contributed by atoms with van der Waals surface area (Å²) in [6.45, 7) is 2.76. The minimum Gasteiger partial charge on any atom is -0.360 e. The van der Waals surface area contributed by atoms with Crippen LogP contribution < -0.4 is 10.2 Å². The average Bonchev–Trinajstić information content (AvgIpc) is 3.17. The zero-order valence-corrected chi connectivity index (χ0v) is 17.1. The van der Waals surface area contributed by atoms with Crippen LogP contribution in [0, 0.1) is 3.57 Å². The van der Waals surface area contributed by atoms with Crippen LogP contribution in [0.2, 0.25) is 0 Å². The summed E-state index contributed by atoms with van der Waals surface area (Å²) in [7, 11) is 4.13. The highest BCUT2D eigenvalue weighted by Gasteiger charge is 2.24. The fourth-order valence-electron chi connectivity index (χ4n) is 2.99. The summed E-state index contributed by atoms with van der Waals surface area (Å²) < 4.78 is 1.27. The number of fused-ring (bicyclic) bond motifs is 2. The molecule has 0 spiro atoms. The highest BCUT2D eigenvalue weighted by Crippen LogP contribution is 2.38. The molecule has 3 heterocycles. The van der Waals surface area contributed by atoms with Crippen LogP contribution in [0.15, 0.2) is 24.5 Å². The number of nitrogens with zero attached hydrogens (tertiary/aromatic N) is 5. The number of benzene rings is 1. The van der Waals surface area contributed by atoms with Gasteiger partial charge in [0.1, 0.15) is 11.8 Å². The molecule has 25 heavy (non-hydrogen) atoms. The maximum atomic E-state index is 4.77. The van der Waals surface area contributed by atoms with Crippen LogP contribution >= 0.6 is 33.9 Å². The SMILES string of the molecule is CN(C)CCNc1nc2c(N3CCc4cc(I)ccc43)ncnc2s1. The average molecular weight is 466 g/mol. The topological polar surface area (TPSA) is 57.2 Å². The van der Waals surface area contributed by atoms with E-state index in [9.17, 15) is 0 Å². The van der Waals surface area contributed by atoms with Crippen molar-refractivity contribution in [3.63, 3.8) is 0 Å². The molecular formula is C17H19IN6S. The van der Waals surface area contributed by atoms with Crippen LogP contribution in [-0.4, -0.2) is 53.6 Å². The van der Waals surface area contributed by atoms with E-state index in [-0.39, 0.29) is 0 Å². The Kier molecular flexibility index (Phi) is 4.74. The number of hydrogen-bond acceptors (Lipinski definition) is 7. The van der Waals surface area contributed by atoms with Gasteiger partial charge in [-0.1, -0.05) is 11.3 Å². The molecule has 0 bridgehead atoms. The third-order valence-corrected chi connectivity index (χ3v) is 5.80. The molecule has 4 rings (SSSR count). The second kappa shape index (κ2) is 7.00. The van der Waals surface area contributed by atoms with E-state index in [0.717, 1.165) is 47.4 Å². The summed E-state index contributed by atoms with van der Waals surface area (Å²) in [6.07, 6.45) is 2.68. The summed E-state index contributed by atoms with van der Waals surface area (Å²) in [4.78, 5) is 19.1. The van der Waals surface area contributed by atoms with E-state index >= 15 is 0 Å². The van der Waals surface area contributed by atoms with Crippen molar-refractivity contribution in [3.8, 4) is 0 Å². The van der Waals surface area contributed by atoms with E-state index in [2.05, 4.69) is 80.0 Å². The molecule has 0 aliphatic carbocycles. The summed E-state index contributed by atoms with van der Waals surface area (Å²) in [5.74, 6) is 0.905. The maximum absolute atomic E-state index is 4.77. The molecule has 0 saturated heterocycles. The molecule has 1 aromatic carbocycles. The first-order chi connectivity index (χ1) is 12.1. The zero-order valence-electron chi connectivity index (χ0n) is 14.2. The molecule has 0 saturated carbocycles.